The van der Waals surface area contributed by atoms with E-state index in [4.69, 9.17) is 13.9 Å². The van der Waals surface area contributed by atoms with Crippen LogP contribution in [0.4, 0.5) is 11.4 Å². The molecular formula is C38H39N3O5. The summed E-state index contributed by atoms with van der Waals surface area (Å²) in [6.07, 6.45) is 0.170. The topological polar surface area (TPSA) is 75.5 Å². The minimum Gasteiger partial charge on any atom is -0.496 e. The molecule has 0 unspecified atom stereocenters. The standard InChI is InChI=1S/C38H39N3O5/c1-39(2)28-17-15-27(16-18-28)30(23-34(42)41-21-19-40(20-22-41)29-13-9-6-10-14-29)36-32(44-3)25-33(45-4)37-31(24-35(43)46-38(36)37)26-11-7-5-8-12-26/h5-18,24-25,30H,19-23H2,1-4H3/t30-/m1/s1. The molecule has 0 aliphatic carbocycles. The Morgan fingerprint density at radius 2 is 1.46 bits per heavy atom. The Bertz CT molecular complexity index is 1860. The van der Waals surface area contributed by atoms with Gasteiger partial charge in [0, 0.05) is 87.2 Å². The Balaban J connectivity index is 1.46. The molecule has 1 atom stereocenters. The molecule has 8 heteroatoms. The van der Waals surface area contributed by atoms with Gasteiger partial charge in [-0.05, 0) is 35.4 Å². The summed E-state index contributed by atoms with van der Waals surface area (Å²) in [4.78, 5) is 33.6. The third-order valence-electron chi connectivity index (χ3n) is 8.80. The third-order valence-corrected chi connectivity index (χ3v) is 8.80. The number of anilines is 2. The predicted octanol–water partition coefficient (Wildman–Crippen LogP) is 6.41. The third kappa shape index (κ3) is 6.15. The first kappa shape index (κ1) is 30.8. The van der Waals surface area contributed by atoms with Crippen molar-refractivity contribution in [2.45, 2.75) is 12.3 Å². The molecule has 4 aromatic carbocycles. The normalized spacial score (nSPS) is 13.8. The van der Waals surface area contributed by atoms with E-state index in [2.05, 4.69) is 17.0 Å². The molecule has 5 aromatic rings. The molecule has 1 saturated heterocycles. The molecule has 0 bridgehead atoms. The minimum absolute atomic E-state index is 0.0296. The lowest BCUT2D eigenvalue weighted by molar-refractivity contribution is -0.131. The highest BCUT2D eigenvalue weighted by molar-refractivity contribution is 6.01. The smallest absolute Gasteiger partial charge is 0.336 e. The van der Waals surface area contributed by atoms with Crippen molar-refractivity contribution < 1.29 is 18.7 Å². The van der Waals surface area contributed by atoms with Crippen molar-refractivity contribution in [3.05, 3.63) is 119 Å². The van der Waals surface area contributed by atoms with Gasteiger partial charge in [0.2, 0.25) is 5.91 Å². The van der Waals surface area contributed by atoms with Gasteiger partial charge in [0.15, 0.2) is 0 Å². The number of benzene rings is 4. The highest BCUT2D eigenvalue weighted by Gasteiger charge is 2.31. The number of carbonyl (C=O) groups excluding carboxylic acids is 1. The highest BCUT2D eigenvalue weighted by Crippen LogP contribution is 2.46. The number of piperazine rings is 1. The second-order valence-corrected chi connectivity index (χ2v) is 11.7. The van der Waals surface area contributed by atoms with Crippen molar-refractivity contribution in [2.24, 2.45) is 0 Å². The fraction of sp³-hybridized carbons (Fsp3) is 0.263. The summed E-state index contributed by atoms with van der Waals surface area (Å²) < 4.78 is 17.8. The zero-order chi connectivity index (χ0) is 32.2. The molecule has 0 N–H and O–H groups in total. The largest absolute Gasteiger partial charge is 0.496 e. The van der Waals surface area contributed by atoms with Gasteiger partial charge in [0.1, 0.15) is 17.1 Å². The molecule has 0 radical (unpaired) electrons. The van der Waals surface area contributed by atoms with E-state index in [9.17, 15) is 9.59 Å². The quantitative estimate of drug-likeness (QED) is 0.177. The first-order chi connectivity index (χ1) is 22.4. The van der Waals surface area contributed by atoms with Gasteiger partial charge in [-0.1, -0.05) is 60.7 Å². The van der Waals surface area contributed by atoms with Gasteiger partial charge in [-0.15, -0.1) is 0 Å². The Morgan fingerprint density at radius 3 is 2.07 bits per heavy atom. The van der Waals surface area contributed by atoms with Crippen molar-refractivity contribution >= 4 is 28.3 Å². The fourth-order valence-corrected chi connectivity index (χ4v) is 6.36. The number of amides is 1. The van der Waals surface area contributed by atoms with Crippen LogP contribution in [0.25, 0.3) is 22.1 Å². The van der Waals surface area contributed by atoms with Gasteiger partial charge >= 0.3 is 5.63 Å². The lowest BCUT2D eigenvalue weighted by atomic mass is 9.85. The summed E-state index contributed by atoms with van der Waals surface area (Å²) in [5.74, 6) is 0.569. The number of hydrogen-bond acceptors (Lipinski definition) is 7. The number of methoxy groups -OCH3 is 2. The zero-order valence-electron chi connectivity index (χ0n) is 26.7. The maximum atomic E-state index is 14.1. The van der Waals surface area contributed by atoms with E-state index in [-0.39, 0.29) is 12.3 Å². The Morgan fingerprint density at radius 1 is 0.826 bits per heavy atom. The summed E-state index contributed by atoms with van der Waals surface area (Å²) in [5, 5.41) is 0.655. The minimum atomic E-state index is -0.493. The first-order valence-electron chi connectivity index (χ1n) is 15.5. The van der Waals surface area contributed by atoms with Crippen molar-refractivity contribution in [3.63, 3.8) is 0 Å². The van der Waals surface area contributed by atoms with Crippen LogP contribution in [0.3, 0.4) is 0 Å². The van der Waals surface area contributed by atoms with Gasteiger partial charge in [0.25, 0.3) is 0 Å². The van der Waals surface area contributed by atoms with E-state index in [0.29, 0.717) is 46.7 Å². The maximum Gasteiger partial charge on any atom is 0.336 e. The monoisotopic (exact) mass is 617 g/mol. The first-order valence-corrected chi connectivity index (χ1v) is 15.5. The lowest BCUT2D eigenvalue weighted by Gasteiger charge is -2.37. The molecule has 8 nitrogen and oxygen atoms in total. The van der Waals surface area contributed by atoms with Crippen LogP contribution >= 0.6 is 0 Å². The van der Waals surface area contributed by atoms with Gasteiger partial charge in [-0.2, -0.15) is 0 Å². The van der Waals surface area contributed by atoms with Gasteiger partial charge in [-0.3, -0.25) is 4.79 Å². The van der Waals surface area contributed by atoms with E-state index < -0.39 is 11.5 Å². The van der Waals surface area contributed by atoms with Gasteiger partial charge < -0.3 is 28.6 Å². The molecule has 46 heavy (non-hydrogen) atoms. The number of ether oxygens (including phenoxy) is 2. The molecule has 1 aliphatic rings. The zero-order valence-corrected chi connectivity index (χ0v) is 26.7. The van der Waals surface area contributed by atoms with Crippen molar-refractivity contribution in [2.75, 3.05) is 64.3 Å². The highest BCUT2D eigenvalue weighted by atomic mass is 16.5. The van der Waals surface area contributed by atoms with E-state index in [1.807, 2.05) is 103 Å². The predicted molar refractivity (Wildman–Crippen MR) is 183 cm³/mol. The second-order valence-electron chi connectivity index (χ2n) is 11.7. The fourth-order valence-electron chi connectivity index (χ4n) is 6.36. The number of carbonyl (C=O) groups is 1. The van der Waals surface area contributed by atoms with E-state index in [0.717, 1.165) is 35.6 Å². The number of para-hydroxylation sites is 1. The van der Waals surface area contributed by atoms with E-state index in [1.165, 1.54) is 6.07 Å². The van der Waals surface area contributed by atoms with Crippen LogP contribution in [0.5, 0.6) is 11.5 Å². The molecule has 1 aromatic heterocycles. The lowest BCUT2D eigenvalue weighted by Crippen LogP contribution is -2.49. The van der Waals surface area contributed by atoms with Crippen LogP contribution < -0.4 is 24.9 Å². The number of hydrogen-bond donors (Lipinski definition) is 0. The second kappa shape index (κ2) is 13.4. The van der Waals surface area contributed by atoms with Crippen LogP contribution in [0.15, 0.2) is 106 Å². The number of rotatable bonds is 9. The Hall–Kier alpha value is -5.24. The van der Waals surface area contributed by atoms with Crippen molar-refractivity contribution in [3.8, 4) is 22.6 Å². The summed E-state index contributed by atoms with van der Waals surface area (Å²) >= 11 is 0. The summed E-state index contributed by atoms with van der Waals surface area (Å²) in [5.41, 5.74) is 5.16. The Kier molecular flexibility index (Phi) is 8.97. The molecule has 236 valence electrons. The van der Waals surface area contributed by atoms with Crippen LogP contribution in [0.2, 0.25) is 0 Å². The maximum absolute atomic E-state index is 14.1. The molecule has 1 aliphatic heterocycles. The molecule has 1 fully saturated rings. The summed E-state index contributed by atoms with van der Waals surface area (Å²) in [7, 11) is 7.15. The van der Waals surface area contributed by atoms with Gasteiger partial charge in [0.05, 0.1) is 19.6 Å². The van der Waals surface area contributed by atoms with Gasteiger partial charge in [-0.25, -0.2) is 4.79 Å². The molecule has 2 heterocycles. The van der Waals surface area contributed by atoms with E-state index >= 15 is 0 Å². The van der Waals surface area contributed by atoms with Crippen LogP contribution in [-0.2, 0) is 4.79 Å². The summed E-state index contributed by atoms with van der Waals surface area (Å²) in [6.45, 7) is 2.74. The molecule has 6 rings (SSSR count). The van der Waals surface area contributed by atoms with Crippen LogP contribution in [-0.4, -0.2) is 65.3 Å². The Labute approximate surface area is 269 Å². The average molecular weight is 618 g/mol. The SMILES string of the molecule is COc1cc(OC)c2c(-c3ccccc3)cc(=O)oc2c1[C@H](CC(=O)N1CCN(c2ccccc2)CC1)c1ccc(N(C)C)cc1. The van der Waals surface area contributed by atoms with Crippen LogP contribution in [0.1, 0.15) is 23.5 Å². The van der Waals surface area contributed by atoms with Crippen molar-refractivity contribution in [1.82, 2.24) is 4.90 Å². The average Bonchev–Trinajstić information content (AvgIpc) is 3.10. The van der Waals surface area contributed by atoms with Crippen LogP contribution in [0, 0.1) is 0 Å². The number of fused-ring (bicyclic) bond motifs is 1. The number of nitrogens with zero attached hydrogens (tertiary/aromatic N) is 3. The van der Waals surface area contributed by atoms with Crippen molar-refractivity contribution in [1.29, 1.82) is 0 Å². The molecule has 0 spiro atoms. The van der Waals surface area contributed by atoms with E-state index in [1.54, 1.807) is 14.2 Å². The molecule has 0 saturated carbocycles. The molecule has 1 amide bonds. The molecular weight excluding hydrogens is 578 g/mol. The summed E-state index contributed by atoms with van der Waals surface area (Å²) in [6, 6.07) is 31.4.